The van der Waals surface area contributed by atoms with Gasteiger partial charge in [-0.3, -0.25) is 4.90 Å². The highest BCUT2D eigenvalue weighted by Gasteiger charge is 2.37. The summed E-state index contributed by atoms with van der Waals surface area (Å²) in [7, 11) is 0. The van der Waals surface area contributed by atoms with E-state index in [1.807, 2.05) is 30.3 Å². The quantitative estimate of drug-likeness (QED) is 0.761. The third-order valence-electron chi connectivity index (χ3n) is 4.37. The highest BCUT2D eigenvalue weighted by Crippen LogP contribution is 2.24. The van der Waals surface area contributed by atoms with Gasteiger partial charge in [0.2, 0.25) is 0 Å². The number of hydrogen-bond donors (Lipinski definition) is 0. The minimum Gasteiger partial charge on any atom is -0.443 e. The third kappa shape index (κ3) is 4.25. The van der Waals surface area contributed by atoms with Gasteiger partial charge in [-0.25, -0.2) is 14.5 Å². The SMILES string of the molecule is CC(C)(C)OC(=O)N(C(=O)N1C=Cc2ccccc2C1)C1CCCOC1. The van der Waals surface area contributed by atoms with Gasteiger partial charge in [0, 0.05) is 12.8 Å². The second kappa shape index (κ2) is 7.50. The van der Waals surface area contributed by atoms with Crippen molar-refractivity contribution in [3.8, 4) is 0 Å². The Morgan fingerprint density at radius 1 is 1.27 bits per heavy atom. The number of rotatable bonds is 1. The number of ether oxygens (including phenoxy) is 2. The van der Waals surface area contributed by atoms with Crippen molar-refractivity contribution in [1.29, 1.82) is 0 Å². The Balaban J connectivity index is 1.82. The lowest BCUT2D eigenvalue weighted by Crippen LogP contribution is -2.53. The van der Waals surface area contributed by atoms with E-state index < -0.39 is 11.7 Å². The molecule has 0 bridgehead atoms. The Labute approximate surface area is 154 Å². The van der Waals surface area contributed by atoms with Crippen LogP contribution in [-0.4, -0.2) is 46.8 Å². The monoisotopic (exact) mass is 358 g/mol. The summed E-state index contributed by atoms with van der Waals surface area (Å²) in [5.74, 6) is 0. The molecule has 0 saturated carbocycles. The number of nitrogens with zero attached hydrogens (tertiary/aromatic N) is 2. The second-order valence-electron chi connectivity index (χ2n) is 7.65. The van der Waals surface area contributed by atoms with Crippen molar-refractivity contribution < 1.29 is 19.1 Å². The molecule has 6 nitrogen and oxygen atoms in total. The van der Waals surface area contributed by atoms with Crippen molar-refractivity contribution in [2.24, 2.45) is 0 Å². The van der Waals surface area contributed by atoms with Crippen LogP contribution in [0.5, 0.6) is 0 Å². The number of imide groups is 1. The molecule has 1 atom stereocenters. The highest BCUT2D eigenvalue weighted by atomic mass is 16.6. The molecule has 2 aliphatic heterocycles. The number of fused-ring (bicyclic) bond motifs is 1. The largest absolute Gasteiger partial charge is 0.443 e. The first-order valence-corrected chi connectivity index (χ1v) is 9.02. The average Bonchev–Trinajstić information content (AvgIpc) is 2.61. The predicted octanol–water partition coefficient (Wildman–Crippen LogP) is 4.01. The Morgan fingerprint density at radius 2 is 2.04 bits per heavy atom. The number of urea groups is 1. The molecule has 0 N–H and O–H groups in total. The molecule has 1 aromatic rings. The van der Waals surface area contributed by atoms with Crippen LogP contribution in [0, 0.1) is 0 Å². The Kier molecular flexibility index (Phi) is 5.32. The van der Waals surface area contributed by atoms with Gasteiger partial charge in [0.25, 0.3) is 0 Å². The van der Waals surface area contributed by atoms with Gasteiger partial charge in [0.05, 0.1) is 19.2 Å². The number of amides is 3. The van der Waals surface area contributed by atoms with Gasteiger partial charge < -0.3 is 9.47 Å². The number of benzene rings is 1. The van der Waals surface area contributed by atoms with Crippen LogP contribution in [0.15, 0.2) is 30.5 Å². The van der Waals surface area contributed by atoms with Crippen LogP contribution >= 0.6 is 0 Å². The minimum absolute atomic E-state index is 0.309. The Hall–Kier alpha value is -2.34. The fourth-order valence-electron chi connectivity index (χ4n) is 3.14. The van der Waals surface area contributed by atoms with E-state index in [4.69, 9.17) is 9.47 Å². The maximum atomic E-state index is 13.2. The van der Waals surface area contributed by atoms with Gasteiger partial charge >= 0.3 is 12.1 Å². The van der Waals surface area contributed by atoms with Crippen LogP contribution in [0.4, 0.5) is 9.59 Å². The molecule has 0 aromatic heterocycles. The van der Waals surface area contributed by atoms with Crippen molar-refractivity contribution in [2.75, 3.05) is 13.2 Å². The van der Waals surface area contributed by atoms with E-state index in [0.29, 0.717) is 19.8 Å². The molecule has 1 unspecified atom stereocenters. The zero-order valence-corrected chi connectivity index (χ0v) is 15.6. The van der Waals surface area contributed by atoms with E-state index in [-0.39, 0.29) is 12.1 Å². The van der Waals surface area contributed by atoms with Crippen LogP contribution in [0.1, 0.15) is 44.7 Å². The summed E-state index contributed by atoms with van der Waals surface area (Å²) in [5.41, 5.74) is 1.46. The molecule has 1 saturated heterocycles. The van der Waals surface area contributed by atoms with E-state index in [9.17, 15) is 9.59 Å². The summed E-state index contributed by atoms with van der Waals surface area (Å²) >= 11 is 0. The van der Waals surface area contributed by atoms with E-state index >= 15 is 0 Å². The smallest absolute Gasteiger partial charge is 0.418 e. The zero-order valence-electron chi connectivity index (χ0n) is 15.6. The Bertz CT molecular complexity index is 702. The summed E-state index contributed by atoms with van der Waals surface area (Å²) < 4.78 is 11.0. The maximum Gasteiger partial charge on any atom is 0.418 e. The molecule has 0 aliphatic carbocycles. The highest BCUT2D eigenvalue weighted by molar-refractivity contribution is 5.92. The van der Waals surface area contributed by atoms with E-state index in [2.05, 4.69) is 0 Å². The first-order chi connectivity index (χ1) is 12.3. The molecule has 6 heteroatoms. The molecule has 2 aliphatic rings. The summed E-state index contributed by atoms with van der Waals surface area (Å²) in [4.78, 5) is 28.7. The summed E-state index contributed by atoms with van der Waals surface area (Å²) in [5, 5.41) is 0. The van der Waals surface area contributed by atoms with Crippen LogP contribution in [-0.2, 0) is 16.0 Å². The number of hydrogen-bond acceptors (Lipinski definition) is 4. The van der Waals surface area contributed by atoms with E-state index in [1.54, 1.807) is 31.9 Å². The standard InChI is InChI=1S/C20H26N2O4/c1-20(2,3)26-19(24)22(17-9-6-12-25-14-17)18(23)21-11-10-15-7-4-5-8-16(15)13-21/h4-5,7-8,10-11,17H,6,9,12-14H2,1-3H3. The lowest BCUT2D eigenvalue weighted by atomic mass is 10.0. The van der Waals surface area contributed by atoms with Crippen molar-refractivity contribution in [3.05, 3.63) is 41.6 Å². The van der Waals surface area contributed by atoms with Crippen LogP contribution in [0.2, 0.25) is 0 Å². The molecular weight excluding hydrogens is 332 g/mol. The Morgan fingerprint density at radius 3 is 2.73 bits per heavy atom. The van der Waals surface area contributed by atoms with E-state index in [0.717, 1.165) is 24.0 Å². The molecule has 3 rings (SSSR count). The van der Waals surface area contributed by atoms with Gasteiger partial charge in [-0.1, -0.05) is 24.3 Å². The average molecular weight is 358 g/mol. The first kappa shape index (κ1) is 18.5. The van der Waals surface area contributed by atoms with Crippen LogP contribution in [0.3, 0.4) is 0 Å². The molecule has 1 aromatic carbocycles. The van der Waals surface area contributed by atoms with Crippen LogP contribution in [0.25, 0.3) is 6.08 Å². The zero-order chi connectivity index (χ0) is 18.7. The molecule has 2 heterocycles. The van der Waals surface area contributed by atoms with Gasteiger partial charge in [0.1, 0.15) is 5.60 Å². The van der Waals surface area contributed by atoms with Gasteiger partial charge in [-0.15, -0.1) is 0 Å². The van der Waals surface area contributed by atoms with Crippen molar-refractivity contribution in [3.63, 3.8) is 0 Å². The molecule has 0 spiro atoms. The topological polar surface area (TPSA) is 59.1 Å². The fourth-order valence-corrected chi connectivity index (χ4v) is 3.14. The van der Waals surface area contributed by atoms with Gasteiger partial charge in [-0.2, -0.15) is 0 Å². The number of carbonyl (C=O) groups excluding carboxylic acids is 2. The molecule has 26 heavy (non-hydrogen) atoms. The van der Waals surface area contributed by atoms with Crippen molar-refractivity contribution in [2.45, 2.75) is 51.8 Å². The van der Waals surface area contributed by atoms with Crippen molar-refractivity contribution >= 4 is 18.2 Å². The normalized spacial score (nSPS) is 19.7. The maximum absolute atomic E-state index is 13.2. The molecule has 3 amide bonds. The summed E-state index contributed by atoms with van der Waals surface area (Å²) in [6.45, 7) is 6.81. The van der Waals surface area contributed by atoms with Crippen molar-refractivity contribution in [1.82, 2.24) is 9.80 Å². The van der Waals surface area contributed by atoms with Crippen LogP contribution < -0.4 is 0 Å². The number of carbonyl (C=O) groups is 2. The molecule has 0 radical (unpaired) electrons. The molecule has 1 fully saturated rings. The van der Waals surface area contributed by atoms with E-state index in [1.165, 1.54) is 4.90 Å². The first-order valence-electron chi connectivity index (χ1n) is 9.02. The fraction of sp³-hybridized carbons (Fsp3) is 0.500. The van der Waals surface area contributed by atoms with Gasteiger partial charge in [-0.05, 0) is 50.8 Å². The minimum atomic E-state index is -0.671. The predicted molar refractivity (Wildman–Crippen MR) is 98.3 cm³/mol. The lowest BCUT2D eigenvalue weighted by Gasteiger charge is -2.36. The molecular formula is C20H26N2O4. The molecule has 140 valence electrons. The summed E-state index contributed by atoms with van der Waals surface area (Å²) in [6.07, 6.45) is 4.53. The third-order valence-corrected chi connectivity index (χ3v) is 4.37. The second-order valence-corrected chi connectivity index (χ2v) is 7.65. The summed E-state index contributed by atoms with van der Waals surface area (Å²) in [6, 6.07) is 7.22. The lowest BCUT2D eigenvalue weighted by molar-refractivity contribution is -0.00549. The van der Waals surface area contributed by atoms with Gasteiger partial charge in [0.15, 0.2) is 0 Å².